The van der Waals surface area contributed by atoms with Crippen LogP contribution in [0.4, 0.5) is 0 Å². The highest BCUT2D eigenvalue weighted by molar-refractivity contribution is 7.57. The highest BCUT2D eigenvalue weighted by atomic mass is 35.5. The first-order valence-corrected chi connectivity index (χ1v) is 7.91. The molecule has 0 aromatic heterocycles. The molecule has 0 aromatic rings. The molecule has 2 unspecified atom stereocenters. The largest absolute Gasteiger partial charge is 0.460 e. The van der Waals surface area contributed by atoms with E-state index in [2.05, 4.69) is 0 Å². The van der Waals surface area contributed by atoms with Gasteiger partial charge in [-0.05, 0) is 20.3 Å². The zero-order chi connectivity index (χ0) is 14.0. The summed E-state index contributed by atoms with van der Waals surface area (Å²) >= 11 is 18.0. The van der Waals surface area contributed by atoms with Crippen molar-refractivity contribution in [2.45, 2.75) is 35.1 Å². The molecule has 1 aliphatic rings. The van der Waals surface area contributed by atoms with Gasteiger partial charge in [-0.25, -0.2) is 4.79 Å². The summed E-state index contributed by atoms with van der Waals surface area (Å²) in [4.78, 5) is 11.7. The number of hydrogen-bond donors (Lipinski definition) is 0. The van der Waals surface area contributed by atoms with Crippen LogP contribution in [-0.4, -0.2) is 20.8 Å². The lowest BCUT2D eigenvalue weighted by Crippen LogP contribution is -2.32. The van der Waals surface area contributed by atoms with E-state index in [9.17, 15) is 9.36 Å². The Morgan fingerprint density at radius 3 is 2.50 bits per heavy atom. The fraction of sp³-hybridized carbons (Fsp3) is 0.545. The van der Waals surface area contributed by atoms with Crippen molar-refractivity contribution in [2.24, 2.45) is 0 Å². The first kappa shape index (κ1) is 16.1. The van der Waals surface area contributed by atoms with Crippen molar-refractivity contribution in [3.8, 4) is 0 Å². The molecule has 0 fully saturated rings. The smallest absolute Gasteiger partial charge is 0.350 e. The Kier molecular flexibility index (Phi) is 5.37. The first-order valence-electron chi connectivity index (χ1n) is 5.37. The molecule has 0 amide bonds. The maximum atomic E-state index is 12.4. The van der Waals surface area contributed by atoms with Crippen LogP contribution in [0.2, 0.25) is 0 Å². The van der Waals surface area contributed by atoms with Crippen LogP contribution in [0.5, 0.6) is 0 Å². The molecule has 0 N–H and O–H groups in total. The highest BCUT2D eigenvalue weighted by Crippen LogP contribution is 2.60. The van der Waals surface area contributed by atoms with Gasteiger partial charge in [-0.15, -0.1) is 11.6 Å². The number of allylic oxidation sites excluding steroid dienone is 4. The first-order chi connectivity index (χ1) is 8.20. The van der Waals surface area contributed by atoms with Crippen molar-refractivity contribution in [1.29, 1.82) is 0 Å². The Morgan fingerprint density at radius 2 is 2.06 bits per heavy atom. The minimum Gasteiger partial charge on any atom is -0.460 e. The van der Waals surface area contributed by atoms with E-state index in [0.29, 0.717) is 6.42 Å². The molecule has 3 nitrogen and oxygen atoms in total. The average molecular weight is 332 g/mol. The number of carbonyl (C=O) groups is 1. The Labute approximate surface area is 122 Å². The van der Waals surface area contributed by atoms with Crippen LogP contribution < -0.4 is 0 Å². The minimum absolute atomic E-state index is 0.305. The fourth-order valence-corrected chi connectivity index (χ4v) is 4.70. The molecule has 1 aliphatic carbocycles. The number of esters is 1. The second kappa shape index (κ2) is 6.00. The van der Waals surface area contributed by atoms with E-state index in [1.807, 2.05) is 0 Å². The predicted molar refractivity (Wildman–Crippen MR) is 76.1 cm³/mol. The van der Waals surface area contributed by atoms with E-state index >= 15 is 0 Å². The normalized spacial score (nSPS) is 25.2. The molecule has 0 heterocycles. The second-order valence-corrected chi connectivity index (χ2v) is 9.46. The Morgan fingerprint density at radius 1 is 1.44 bits per heavy atom. The summed E-state index contributed by atoms with van der Waals surface area (Å²) < 4.78 is 13.9. The monoisotopic (exact) mass is 330 g/mol. The molecule has 0 radical (unpaired) electrons. The second-order valence-electron chi connectivity index (χ2n) is 4.21. The molecule has 1 rings (SSSR count). The molecular formula is C11H14Cl3O3P. The molecule has 7 heteroatoms. The molecule has 18 heavy (non-hydrogen) atoms. The van der Waals surface area contributed by atoms with Crippen LogP contribution in [0.3, 0.4) is 0 Å². The third-order valence-electron chi connectivity index (χ3n) is 2.28. The third kappa shape index (κ3) is 3.54. The van der Waals surface area contributed by atoms with Gasteiger partial charge < -0.3 is 9.30 Å². The van der Waals surface area contributed by atoms with Gasteiger partial charge in [0.2, 0.25) is 0 Å². The van der Waals surface area contributed by atoms with Gasteiger partial charge in [0.05, 0.1) is 6.10 Å². The summed E-state index contributed by atoms with van der Waals surface area (Å²) in [5, 5.41) is 0. The van der Waals surface area contributed by atoms with Crippen molar-refractivity contribution in [3.63, 3.8) is 0 Å². The van der Waals surface area contributed by atoms with Crippen molar-refractivity contribution in [2.75, 3.05) is 0 Å². The van der Waals surface area contributed by atoms with E-state index in [1.54, 1.807) is 32.1 Å². The number of alkyl halides is 3. The molecule has 0 aliphatic heterocycles. The van der Waals surface area contributed by atoms with Crippen LogP contribution in [-0.2, 0) is 14.1 Å². The van der Waals surface area contributed by atoms with Gasteiger partial charge in [0.1, 0.15) is 12.4 Å². The quantitative estimate of drug-likeness (QED) is 0.443. The lowest BCUT2D eigenvalue weighted by molar-refractivity contribution is -0.146. The molecule has 0 saturated heterocycles. The molecular weight excluding hydrogens is 317 g/mol. The maximum absolute atomic E-state index is 12.4. The number of rotatable bonds is 4. The van der Waals surface area contributed by atoms with E-state index in [4.69, 9.17) is 39.5 Å². The van der Waals surface area contributed by atoms with Crippen LogP contribution in [0.1, 0.15) is 20.3 Å². The highest BCUT2D eigenvalue weighted by Gasteiger charge is 2.51. The lowest BCUT2D eigenvalue weighted by Gasteiger charge is -2.29. The van der Waals surface area contributed by atoms with Gasteiger partial charge >= 0.3 is 5.97 Å². The summed E-state index contributed by atoms with van der Waals surface area (Å²) in [7, 11) is -2.88. The van der Waals surface area contributed by atoms with Gasteiger partial charge in [-0.2, -0.15) is 0 Å². The predicted octanol–water partition coefficient (Wildman–Crippen LogP) is 4.08. The summed E-state index contributed by atoms with van der Waals surface area (Å²) in [5.41, 5.74) is 0. The molecule has 0 saturated carbocycles. The Balaban J connectivity index is 2.91. The molecule has 0 bridgehead atoms. The standard InChI is InChI=1S/C11H14Cl3O3P/c1-8(2)17-9(15)11(13,14)18(16)10(12)6-4-3-5-7-10/h3-6,8,18H,7H2,1-2H3. The van der Waals surface area contributed by atoms with Crippen LogP contribution in [0.25, 0.3) is 0 Å². The Bertz CT molecular complexity index is 418. The molecule has 102 valence electrons. The van der Waals surface area contributed by atoms with Crippen LogP contribution in [0.15, 0.2) is 24.3 Å². The van der Waals surface area contributed by atoms with E-state index in [1.165, 1.54) is 6.08 Å². The number of carbonyl (C=O) groups excluding carboxylic acids is 1. The minimum atomic E-state index is -2.88. The van der Waals surface area contributed by atoms with E-state index in [-0.39, 0.29) is 0 Å². The van der Waals surface area contributed by atoms with Crippen molar-refractivity contribution in [1.82, 2.24) is 0 Å². The summed E-state index contributed by atoms with van der Waals surface area (Å²) in [6.07, 6.45) is 6.62. The van der Waals surface area contributed by atoms with Crippen LogP contribution >= 0.6 is 42.6 Å². The molecule has 2 atom stereocenters. The van der Waals surface area contributed by atoms with Gasteiger partial charge in [0, 0.05) is 0 Å². The van der Waals surface area contributed by atoms with Crippen LogP contribution in [0, 0.1) is 0 Å². The third-order valence-corrected chi connectivity index (χ3v) is 6.32. The maximum Gasteiger partial charge on any atom is 0.350 e. The number of ether oxygens (including phenoxy) is 1. The topological polar surface area (TPSA) is 43.4 Å². The summed E-state index contributed by atoms with van der Waals surface area (Å²) in [6.45, 7) is 3.30. The number of halogens is 3. The van der Waals surface area contributed by atoms with Gasteiger partial charge in [0.15, 0.2) is 0 Å². The van der Waals surface area contributed by atoms with E-state index < -0.39 is 28.6 Å². The zero-order valence-electron chi connectivity index (χ0n) is 9.95. The van der Waals surface area contributed by atoms with Gasteiger partial charge in [-0.3, -0.25) is 0 Å². The number of hydrogen-bond acceptors (Lipinski definition) is 3. The fourth-order valence-electron chi connectivity index (χ4n) is 1.40. The van der Waals surface area contributed by atoms with Gasteiger partial charge in [0.25, 0.3) is 4.07 Å². The van der Waals surface area contributed by atoms with Crippen molar-refractivity contribution >= 4 is 48.6 Å². The summed E-state index contributed by atoms with van der Waals surface area (Å²) in [6, 6.07) is 0. The lowest BCUT2D eigenvalue weighted by atomic mass is 10.2. The Hall–Kier alpha value is 0.0500. The van der Waals surface area contributed by atoms with Gasteiger partial charge in [-0.1, -0.05) is 47.5 Å². The average Bonchev–Trinajstić information content (AvgIpc) is 2.28. The van der Waals surface area contributed by atoms with E-state index in [0.717, 1.165) is 0 Å². The summed E-state index contributed by atoms with van der Waals surface area (Å²) in [5.74, 6) is -0.923. The molecule has 0 aromatic carbocycles. The molecule has 0 spiro atoms. The van der Waals surface area contributed by atoms with Crippen molar-refractivity contribution < 1.29 is 14.1 Å². The van der Waals surface area contributed by atoms with Crippen molar-refractivity contribution in [3.05, 3.63) is 24.3 Å². The SMILES string of the molecule is CC(C)OC(=O)C(Cl)(Cl)[PH](=O)C1(Cl)C=CC=CC1. The zero-order valence-corrected chi connectivity index (χ0v) is 13.2.